The van der Waals surface area contributed by atoms with E-state index in [0.717, 1.165) is 4.90 Å². The van der Waals surface area contributed by atoms with E-state index < -0.39 is 24.0 Å². The van der Waals surface area contributed by atoms with Gasteiger partial charge in [-0.05, 0) is 12.1 Å². The molecular weight excluding hydrogens is 260 g/mol. The van der Waals surface area contributed by atoms with Crippen LogP contribution in [-0.4, -0.2) is 50.7 Å². The number of hydrogen-bond acceptors (Lipinski definition) is 4. The van der Waals surface area contributed by atoms with E-state index in [4.69, 9.17) is 16.7 Å². The van der Waals surface area contributed by atoms with Crippen LogP contribution in [0.2, 0.25) is 5.15 Å². The zero-order chi connectivity index (χ0) is 13.3. The van der Waals surface area contributed by atoms with Gasteiger partial charge >= 0.3 is 5.97 Å². The molecule has 2 heterocycles. The lowest BCUT2D eigenvalue weighted by Gasteiger charge is -2.20. The number of amides is 1. The largest absolute Gasteiger partial charge is 0.480 e. The Balaban J connectivity index is 2.22. The van der Waals surface area contributed by atoms with E-state index >= 15 is 0 Å². The van der Waals surface area contributed by atoms with Gasteiger partial charge in [0.05, 0.1) is 11.7 Å². The summed E-state index contributed by atoms with van der Waals surface area (Å²) in [7, 11) is 0. The summed E-state index contributed by atoms with van der Waals surface area (Å²) in [6, 6.07) is 1.93. The molecule has 1 amide bonds. The quantitative estimate of drug-likeness (QED) is 0.759. The Bertz CT molecular complexity index is 476. The predicted octanol–water partition coefficient (Wildman–Crippen LogP) is 0.395. The number of likely N-dealkylation sites (tertiary alicyclic amines) is 1. The van der Waals surface area contributed by atoms with Crippen LogP contribution in [0.1, 0.15) is 16.8 Å². The molecule has 0 bridgehead atoms. The summed E-state index contributed by atoms with van der Waals surface area (Å²) in [5, 5.41) is 18.7. The molecule has 18 heavy (non-hydrogen) atoms. The number of carboxylic acids is 1. The second kappa shape index (κ2) is 4.91. The highest BCUT2D eigenvalue weighted by molar-refractivity contribution is 6.29. The third kappa shape index (κ3) is 2.44. The molecule has 1 fully saturated rings. The molecule has 1 aliphatic rings. The van der Waals surface area contributed by atoms with Crippen LogP contribution < -0.4 is 0 Å². The number of carboxylic acid groups (broad SMARTS) is 1. The Morgan fingerprint density at radius 1 is 1.44 bits per heavy atom. The first-order valence-electron chi connectivity index (χ1n) is 5.32. The van der Waals surface area contributed by atoms with Gasteiger partial charge in [0, 0.05) is 19.2 Å². The predicted molar refractivity (Wildman–Crippen MR) is 62.3 cm³/mol. The van der Waals surface area contributed by atoms with E-state index in [0.29, 0.717) is 0 Å². The lowest BCUT2D eigenvalue weighted by atomic mass is 10.2. The standard InChI is InChI=1S/C11H11ClN2O4/c12-9-2-1-6(4-13-9)10(16)14-5-7(15)3-8(14)11(17)18/h1-2,4,7-8,15H,3,5H2,(H,17,18)/t7?,8-/m0/s1. The average molecular weight is 271 g/mol. The lowest BCUT2D eigenvalue weighted by molar-refractivity contribution is -0.141. The number of rotatable bonds is 2. The van der Waals surface area contributed by atoms with Gasteiger partial charge in [-0.3, -0.25) is 4.79 Å². The number of aromatic nitrogens is 1. The van der Waals surface area contributed by atoms with Crippen LogP contribution in [0.25, 0.3) is 0 Å². The van der Waals surface area contributed by atoms with E-state index in [-0.39, 0.29) is 23.7 Å². The van der Waals surface area contributed by atoms with Gasteiger partial charge in [0.15, 0.2) is 0 Å². The van der Waals surface area contributed by atoms with Gasteiger partial charge in [0.1, 0.15) is 11.2 Å². The molecule has 1 unspecified atom stereocenters. The minimum Gasteiger partial charge on any atom is -0.480 e. The van der Waals surface area contributed by atoms with Crippen LogP contribution in [0, 0.1) is 0 Å². The number of hydrogen-bond donors (Lipinski definition) is 2. The van der Waals surface area contributed by atoms with E-state index in [1.165, 1.54) is 18.3 Å². The highest BCUT2D eigenvalue weighted by atomic mass is 35.5. The first kappa shape index (κ1) is 12.8. The van der Waals surface area contributed by atoms with Crippen LogP contribution in [0.3, 0.4) is 0 Å². The highest BCUT2D eigenvalue weighted by Crippen LogP contribution is 2.21. The normalized spacial score (nSPS) is 23.1. The number of aliphatic carboxylic acids is 1. The second-order valence-electron chi connectivity index (χ2n) is 4.07. The van der Waals surface area contributed by atoms with Gasteiger partial charge in [-0.1, -0.05) is 11.6 Å². The fourth-order valence-electron chi connectivity index (χ4n) is 1.94. The highest BCUT2D eigenvalue weighted by Gasteiger charge is 2.39. The Labute approximate surface area is 108 Å². The molecule has 6 nitrogen and oxygen atoms in total. The van der Waals surface area contributed by atoms with Crippen LogP contribution in [0.15, 0.2) is 18.3 Å². The van der Waals surface area contributed by atoms with Gasteiger partial charge in [-0.25, -0.2) is 9.78 Å². The average Bonchev–Trinajstić information content (AvgIpc) is 2.71. The van der Waals surface area contributed by atoms with E-state index in [9.17, 15) is 14.7 Å². The zero-order valence-electron chi connectivity index (χ0n) is 9.28. The van der Waals surface area contributed by atoms with E-state index in [1.54, 1.807) is 0 Å². The van der Waals surface area contributed by atoms with Crippen LogP contribution in [0.5, 0.6) is 0 Å². The first-order chi connectivity index (χ1) is 8.49. The number of carbonyl (C=O) groups excluding carboxylic acids is 1. The number of halogens is 1. The molecule has 1 saturated heterocycles. The van der Waals surface area contributed by atoms with Crippen LogP contribution >= 0.6 is 11.6 Å². The molecule has 0 saturated carbocycles. The fourth-order valence-corrected chi connectivity index (χ4v) is 2.05. The van der Waals surface area contributed by atoms with Crippen molar-refractivity contribution in [3.8, 4) is 0 Å². The molecule has 7 heteroatoms. The van der Waals surface area contributed by atoms with Crippen molar-refractivity contribution in [3.63, 3.8) is 0 Å². The van der Waals surface area contributed by atoms with Gasteiger partial charge in [-0.2, -0.15) is 0 Å². The minimum absolute atomic E-state index is 0.0123. The minimum atomic E-state index is -1.12. The number of aliphatic hydroxyl groups excluding tert-OH is 1. The zero-order valence-corrected chi connectivity index (χ0v) is 10.0. The summed E-state index contributed by atoms with van der Waals surface area (Å²) < 4.78 is 0. The summed E-state index contributed by atoms with van der Waals surface area (Å²) >= 11 is 5.61. The summed E-state index contributed by atoms with van der Waals surface area (Å²) in [6.07, 6.45) is 0.520. The van der Waals surface area contributed by atoms with Gasteiger partial charge in [-0.15, -0.1) is 0 Å². The monoisotopic (exact) mass is 270 g/mol. The number of nitrogens with zero attached hydrogens (tertiary/aromatic N) is 2. The van der Waals surface area contributed by atoms with E-state index in [1.807, 2.05) is 0 Å². The smallest absolute Gasteiger partial charge is 0.326 e. The van der Waals surface area contributed by atoms with Gasteiger partial charge in [0.2, 0.25) is 0 Å². The van der Waals surface area contributed by atoms with Crippen molar-refractivity contribution in [2.24, 2.45) is 0 Å². The Kier molecular flexibility index (Phi) is 3.49. The molecule has 96 valence electrons. The van der Waals surface area contributed by atoms with Crippen molar-refractivity contribution in [1.29, 1.82) is 0 Å². The summed E-state index contributed by atoms with van der Waals surface area (Å²) in [4.78, 5) is 28.0. The SMILES string of the molecule is O=C(O)[C@@H]1CC(O)CN1C(=O)c1ccc(Cl)nc1. The number of carbonyl (C=O) groups is 2. The molecule has 1 aromatic heterocycles. The van der Waals surface area contributed by atoms with E-state index in [2.05, 4.69) is 4.98 Å². The maximum Gasteiger partial charge on any atom is 0.326 e. The van der Waals surface area contributed by atoms with Crippen molar-refractivity contribution < 1.29 is 19.8 Å². The molecular formula is C11H11ClN2O4. The molecule has 0 aromatic carbocycles. The van der Waals surface area contributed by atoms with Crippen LogP contribution in [0.4, 0.5) is 0 Å². The Morgan fingerprint density at radius 2 is 2.17 bits per heavy atom. The fraction of sp³-hybridized carbons (Fsp3) is 0.364. The molecule has 1 aliphatic heterocycles. The van der Waals surface area contributed by atoms with Crippen molar-refractivity contribution in [1.82, 2.24) is 9.88 Å². The third-order valence-corrected chi connectivity index (χ3v) is 3.02. The topological polar surface area (TPSA) is 90.7 Å². The molecule has 2 rings (SSSR count). The Morgan fingerprint density at radius 3 is 2.72 bits per heavy atom. The molecule has 0 aliphatic carbocycles. The first-order valence-corrected chi connectivity index (χ1v) is 5.70. The molecule has 2 atom stereocenters. The maximum atomic E-state index is 12.1. The molecule has 0 radical (unpaired) electrons. The van der Waals surface area contributed by atoms with Crippen molar-refractivity contribution >= 4 is 23.5 Å². The lowest BCUT2D eigenvalue weighted by Crippen LogP contribution is -2.40. The van der Waals surface area contributed by atoms with Crippen molar-refractivity contribution in [2.75, 3.05) is 6.54 Å². The second-order valence-corrected chi connectivity index (χ2v) is 4.46. The Hall–Kier alpha value is -1.66. The van der Waals surface area contributed by atoms with Crippen molar-refractivity contribution in [2.45, 2.75) is 18.6 Å². The molecule has 2 N–H and O–H groups in total. The van der Waals surface area contributed by atoms with Crippen molar-refractivity contribution in [3.05, 3.63) is 29.0 Å². The number of pyridine rings is 1. The van der Waals surface area contributed by atoms with Gasteiger partial charge < -0.3 is 15.1 Å². The third-order valence-electron chi connectivity index (χ3n) is 2.80. The maximum absolute atomic E-state index is 12.1. The summed E-state index contributed by atoms with van der Waals surface area (Å²) in [5.74, 6) is -1.59. The number of β-amino-alcohol motifs (C(OH)–C–C–N with tert-alkyl or cyclic N) is 1. The molecule has 0 spiro atoms. The molecule has 1 aromatic rings. The van der Waals surface area contributed by atoms with Crippen LogP contribution in [-0.2, 0) is 4.79 Å². The van der Waals surface area contributed by atoms with Gasteiger partial charge in [0.25, 0.3) is 5.91 Å². The summed E-state index contributed by atoms with van der Waals surface area (Å²) in [6.45, 7) is 0.0123. The summed E-state index contributed by atoms with van der Waals surface area (Å²) in [5.41, 5.74) is 0.250. The number of aliphatic hydroxyl groups is 1.